The van der Waals surface area contributed by atoms with Gasteiger partial charge in [-0.15, -0.1) is 0 Å². The number of amides is 1. The van der Waals surface area contributed by atoms with Crippen molar-refractivity contribution in [3.63, 3.8) is 0 Å². The van der Waals surface area contributed by atoms with Gasteiger partial charge in [-0.05, 0) is 36.4 Å². The molecule has 0 bridgehead atoms. The van der Waals surface area contributed by atoms with E-state index in [-0.39, 0.29) is 17.5 Å². The van der Waals surface area contributed by atoms with Crippen molar-refractivity contribution in [2.75, 3.05) is 6.54 Å². The van der Waals surface area contributed by atoms with Gasteiger partial charge < -0.3 is 9.88 Å². The SMILES string of the molecule is O=C(c1cc2ccccc2c(=O)[nH]1)N1CCC[C@H]1Cn1cccn1. The molecule has 0 saturated carbocycles. The summed E-state index contributed by atoms with van der Waals surface area (Å²) in [6, 6.07) is 11.1. The number of benzene rings is 1. The Labute approximate surface area is 138 Å². The van der Waals surface area contributed by atoms with Gasteiger partial charge in [0.1, 0.15) is 5.69 Å². The number of hydrogen-bond acceptors (Lipinski definition) is 3. The van der Waals surface area contributed by atoms with Crippen LogP contribution in [0.25, 0.3) is 10.8 Å². The lowest BCUT2D eigenvalue weighted by molar-refractivity contribution is 0.0715. The van der Waals surface area contributed by atoms with Gasteiger partial charge in [0, 0.05) is 24.3 Å². The lowest BCUT2D eigenvalue weighted by Crippen LogP contribution is -2.39. The maximum Gasteiger partial charge on any atom is 0.270 e. The van der Waals surface area contributed by atoms with Crippen LogP contribution in [0.1, 0.15) is 23.3 Å². The minimum atomic E-state index is -0.223. The third-order valence-corrected chi connectivity index (χ3v) is 4.58. The molecular formula is C18H18N4O2. The van der Waals surface area contributed by atoms with E-state index in [0.29, 0.717) is 24.2 Å². The smallest absolute Gasteiger partial charge is 0.270 e. The van der Waals surface area contributed by atoms with Crippen LogP contribution in [0.3, 0.4) is 0 Å². The summed E-state index contributed by atoms with van der Waals surface area (Å²) in [6.07, 6.45) is 5.56. The van der Waals surface area contributed by atoms with E-state index in [4.69, 9.17) is 0 Å². The third kappa shape index (κ3) is 2.60. The topological polar surface area (TPSA) is 71.0 Å². The molecule has 6 nitrogen and oxygen atoms in total. The molecular weight excluding hydrogens is 304 g/mol. The van der Waals surface area contributed by atoms with Crippen LogP contribution < -0.4 is 5.56 Å². The quantitative estimate of drug-likeness (QED) is 0.802. The number of aromatic nitrogens is 3. The van der Waals surface area contributed by atoms with Crippen molar-refractivity contribution in [2.24, 2.45) is 0 Å². The average Bonchev–Trinajstić information content (AvgIpc) is 3.26. The molecule has 1 aliphatic heterocycles. The van der Waals surface area contributed by atoms with Gasteiger partial charge in [-0.25, -0.2) is 0 Å². The molecule has 2 aromatic heterocycles. The molecule has 0 aliphatic carbocycles. The predicted octanol–water partition coefficient (Wildman–Crippen LogP) is 2.03. The normalized spacial score (nSPS) is 17.5. The summed E-state index contributed by atoms with van der Waals surface area (Å²) in [6.45, 7) is 1.39. The van der Waals surface area contributed by atoms with E-state index in [1.807, 2.05) is 40.0 Å². The number of likely N-dealkylation sites (tertiary alicyclic amines) is 1. The summed E-state index contributed by atoms with van der Waals surface area (Å²) in [5, 5.41) is 5.61. The number of pyridine rings is 1. The predicted molar refractivity (Wildman–Crippen MR) is 90.9 cm³/mol. The van der Waals surface area contributed by atoms with Gasteiger partial charge in [0.25, 0.3) is 11.5 Å². The van der Waals surface area contributed by atoms with Crippen molar-refractivity contribution in [3.05, 3.63) is 64.8 Å². The van der Waals surface area contributed by atoms with E-state index < -0.39 is 0 Å². The zero-order valence-corrected chi connectivity index (χ0v) is 13.2. The number of hydrogen-bond donors (Lipinski definition) is 1. The van der Waals surface area contributed by atoms with Crippen molar-refractivity contribution in [3.8, 4) is 0 Å². The van der Waals surface area contributed by atoms with Crippen LogP contribution in [0, 0.1) is 0 Å². The van der Waals surface area contributed by atoms with Crippen LogP contribution in [0.2, 0.25) is 0 Å². The van der Waals surface area contributed by atoms with E-state index in [1.165, 1.54) is 0 Å². The van der Waals surface area contributed by atoms with Gasteiger partial charge in [0.15, 0.2) is 0 Å². The van der Waals surface area contributed by atoms with Crippen molar-refractivity contribution in [2.45, 2.75) is 25.4 Å². The molecule has 1 aliphatic rings. The van der Waals surface area contributed by atoms with E-state index in [1.54, 1.807) is 18.3 Å². The van der Waals surface area contributed by atoms with Gasteiger partial charge >= 0.3 is 0 Å². The summed E-state index contributed by atoms with van der Waals surface area (Å²) in [4.78, 5) is 29.7. The zero-order chi connectivity index (χ0) is 16.5. The van der Waals surface area contributed by atoms with E-state index in [9.17, 15) is 9.59 Å². The molecule has 1 atom stereocenters. The van der Waals surface area contributed by atoms with Crippen molar-refractivity contribution < 1.29 is 4.79 Å². The first kappa shape index (κ1) is 14.7. The lowest BCUT2D eigenvalue weighted by atomic mass is 10.1. The number of nitrogens with one attached hydrogen (secondary N) is 1. The molecule has 1 fully saturated rings. The molecule has 1 N–H and O–H groups in total. The first-order valence-corrected chi connectivity index (χ1v) is 8.13. The summed E-state index contributed by atoms with van der Waals surface area (Å²) >= 11 is 0. The number of fused-ring (bicyclic) bond motifs is 1. The fourth-order valence-electron chi connectivity index (χ4n) is 3.40. The second-order valence-corrected chi connectivity index (χ2v) is 6.12. The van der Waals surface area contributed by atoms with E-state index >= 15 is 0 Å². The number of nitrogens with zero attached hydrogens (tertiary/aromatic N) is 3. The standard InChI is InChI=1S/C18H18N4O2/c23-17-15-7-2-1-5-13(15)11-16(20-17)18(24)22-10-3-6-14(22)12-21-9-4-8-19-21/h1-2,4-5,7-9,11,14H,3,6,10,12H2,(H,20,23)/t14-/m0/s1. The highest BCUT2D eigenvalue weighted by Gasteiger charge is 2.30. The first-order chi connectivity index (χ1) is 11.7. The molecule has 0 spiro atoms. The number of H-pyrrole nitrogens is 1. The zero-order valence-electron chi connectivity index (χ0n) is 13.2. The molecule has 1 amide bonds. The molecule has 3 heterocycles. The molecule has 0 radical (unpaired) electrons. The maximum atomic E-state index is 12.9. The number of carbonyl (C=O) groups is 1. The second kappa shape index (κ2) is 5.96. The summed E-state index contributed by atoms with van der Waals surface area (Å²) < 4.78 is 1.85. The van der Waals surface area contributed by atoms with Gasteiger partial charge in [-0.2, -0.15) is 5.10 Å². The molecule has 122 valence electrons. The third-order valence-electron chi connectivity index (χ3n) is 4.58. The summed E-state index contributed by atoms with van der Waals surface area (Å²) in [5.74, 6) is -0.118. The Hall–Kier alpha value is -2.89. The van der Waals surface area contributed by atoms with Gasteiger partial charge in [0.05, 0.1) is 12.6 Å². The molecule has 1 saturated heterocycles. The Balaban J connectivity index is 1.64. The van der Waals surface area contributed by atoms with Crippen molar-refractivity contribution >= 4 is 16.7 Å². The van der Waals surface area contributed by atoms with E-state index in [2.05, 4.69) is 10.1 Å². The monoisotopic (exact) mass is 322 g/mol. The molecule has 24 heavy (non-hydrogen) atoms. The summed E-state index contributed by atoms with van der Waals surface area (Å²) in [5.41, 5.74) is 0.130. The van der Waals surface area contributed by atoms with Gasteiger partial charge in [-0.3, -0.25) is 14.3 Å². The van der Waals surface area contributed by atoms with Crippen LogP contribution in [-0.4, -0.2) is 38.2 Å². The molecule has 6 heteroatoms. The van der Waals surface area contributed by atoms with Crippen LogP contribution in [-0.2, 0) is 6.54 Å². The minimum Gasteiger partial charge on any atom is -0.333 e. The summed E-state index contributed by atoms with van der Waals surface area (Å²) in [7, 11) is 0. The maximum absolute atomic E-state index is 12.9. The minimum absolute atomic E-state index is 0.104. The molecule has 1 aromatic carbocycles. The highest BCUT2D eigenvalue weighted by molar-refractivity contribution is 5.96. The number of carbonyl (C=O) groups excluding carboxylic acids is 1. The second-order valence-electron chi connectivity index (χ2n) is 6.12. The Morgan fingerprint density at radius 2 is 2.17 bits per heavy atom. The molecule has 3 aromatic rings. The van der Waals surface area contributed by atoms with Crippen LogP contribution in [0.5, 0.6) is 0 Å². The average molecular weight is 322 g/mol. The van der Waals surface area contributed by atoms with Crippen molar-refractivity contribution in [1.29, 1.82) is 0 Å². The first-order valence-electron chi connectivity index (χ1n) is 8.13. The van der Waals surface area contributed by atoms with Crippen LogP contribution >= 0.6 is 0 Å². The number of rotatable bonds is 3. The highest BCUT2D eigenvalue weighted by atomic mass is 16.2. The Morgan fingerprint density at radius 3 is 3.00 bits per heavy atom. The van der Waals surface area contributed by atoms with E-state index in [0.717, 1.165) is 18.2 Å². The molecule has 4 rings (SSSR count). The fourth-order valence-corrected chi connectivity index (χ4v) is 3.40. The van der Waals surface area contributed by atoms with Gasteiger partial charge in [0.2, 0.25) is 0 Å². The Bertz CT molecular complexity index is 930. The lowest BCUT2D eigenvalue weighted by Gasteiger charge is -2.24. The molecule has 0 unspecified atom stereocenters. The van der Waals surface area contributed by atoms with Gasteiger partial charge in [-0.1, -0.05) is 18.2 Å². The largest absolute Gasteiger partial charge is 0.333 e. The Kier molecular flexibility index (Phi) is 3.65. The number of aromatic amines is 1. The highest BCUT2D eigenvalue weighted by Crippen LogP contribution is 2.21. The fraction of sp³-hybridized carbons (Fsp3) is 0.278. The van der Waals surface area contributed by atoms with Crippen molar-refractivity contribution in [1.82, 2.24) is 19.7 Å². The Morgan fingerprint density at radius 1 is 1.29 bits per heavy atom. The van der Waals surface area contributed by atoms with Crippen LogP contribution in [0.15, 0.2) is 53.6 Å². The van der Waals surface area contributed by atoms with Crippen LogP contribution in [0.4, 0.5) is 0 Å².